The zero-order valence-corrected chi connectivity index (χ0v) is 10.5. The zero-order valence-electron chi connectivity index (χ0n) is 10.5. The molecule has 1 N–H and O–H groups in total. The number of benzene rings is 1. The van der Waals surface area contributed by atoms with Gasteiger partial charge in [-0.05, 0) is 18.1 Å². The summed E-state index contributed by atoms with van der Waals surface area (Å²) < 4.78 is 18.4. The molecule has 0 radical (unpaired) electrons. The van der Waals surface area contributed by atoms with Crippen molar-refractivity contribution in [2.24, 2.45) is 5.92 Å². The van der Waals surface area contributed by atoms with Crippen molar-refractivity contribution in [1.29, 1.82) is 0 Å². The monoisotopic (exact) mass is 249 g/mol. The fourth-order valence-electron chi connectivity index (χ4n) is 1.59. The Morgan fingerprint density at radius 1 is 1.33 bits per heavy atom. The molecule has 0 saturated carbocycles. The Morgan fingerprint density at radius 3 is 2.83 bits per heavy atom. The quantitative estimate of drug-likeness (QED) is 0.885. The van der Waals surface area contributed by atoms with Gasteiger partial charge in [0.1, 0.15) is 5.82 Å². The molecule has 0 fully saturated rings. The Hall–Kier alpha value is -1.91. The molecule has 2 rings (SSSR count). The highest BCUT2D eigenvalue weighted by Gasteiger charge is 2.08. The van der Waals surface area contributed by atoms with Gasteiger partial charge in [0.05, 0.1) is 12.2 Å². The Labute approximate surface area is 105 Å². The summed E-state index contributed by atoms with van der Waals surface area (Å²) in [6.07, 6.45) is 0.781. The molecule has 0 bridgehead atoms. The molecule has 0 aliphatic rings. The van der Waals surface area contributed by atoms with Crippen LogP contribution in [0, 0.1) is 11.7 Å². The van der Waals surface area contributed by atoms with Crippen molar-refractivity contribution < 1.29 is 8.91 Å². The van der Waals surface area contributed by atoms with Gasteiger partial charge in [0.15, 0.2) is 5.82 Å². The highest BCUT2D eigenvalue weighted by Crippen LogP contribution is 2.13. The van der Waals surface area contributed by atoms with E-state index in [4.69, 9.17) is 4.52 Å². The molecule has 0 atom stereocenters. The summed E-state index contributed by atoms with van der Waals surface area (Å²) >= 11 is 0. The molecular weight excluding hydrogens is 233 g/mol. The number of para-hydroxylation sites is 1. The number of anilines is 1. The van der Waals surface area contributed by atoms with Crippen LogP contribution in [0.1, 0.15) is 25.6 Å². The Balaban J connectivity index is 1.94. The van der Waals surface area contributed by atoms with E-state index in [1.54, 1.807) is 18.2 Å². The summed E-state index contributed by atoms with van der Waals surface area (Å²) in [5.41, 5.74) is 0.432. The van der Waals surface area contributed by atoms with E-state index in [1.165, 1.54) is 6.07 Å². The van der Waals surface area contributed by atoms with Crippen LogP contribution in [0.2, 0.25) is 0 Å². The van der Waals surface area contributed by atoms with Crippen molar-refractivity contribution in [2.45, 2.75) is 26.8 Å². The van der Waals surface area contributed by atoms with E-state index in [-0.39, 0.29) is 5.82 Å². The number of rotatable bonds is 5. The number of halogens is 1. The van der Waals surface area contributed by atoms with Crippen molar-refractivity contribution >= 4 is 5.69 Å². The third-order valence-corrected chi connectivity index (χ3v) is 2.40. The number of hydrogen-bond acceptors (Lipinski definition) is 4. The van der Waals surface area contributed by atoms with Crippen molar-refractivity contribution in [3.8, 4) is 0 Å². The fourth-order valence-corrected chi connectivity index (χ4v) is 1.59. The van der Waals surface area contributed by atoms with Gasteiger partial charge in [0.2, 0.25) is 5.89 Å². The largest absolute Gasteiger partial charge is 0.374 e. The maximum absolute atomic E-state index is 13.3. The molecule has 0 spiro atoms. The van der Waals surface area contributed by atoms with E-state index in [0.717, 1.165) is 6.42 Å². The molecule has 1 heterocycles. The predicted octanol–water partition coefficient (Wildman–Crippen LogP) is 3.02. The van der Waals surface area contributed by atoms with E-state index < -0.39 is 0 Å². The minimum atomic E-state index is -0.292. The fraction of sp³-hybridized carbons (Fsp3) is 0.385. The van der Waals surface area contributed by atoms with Crippen LogP contribution in [-0.2, 0) is 13.0 Å². The lowest BCUT2D eigenvalue weighted by Gasteiger charge is -2.03. The smallest absolute Gasteiger partial charge is 0.245 e. The second-order valence-electron chi connectivity index (χ2n) is 4.54. The molecule has 18 heavy (non-hydrogen) atoms. The van der Waals surface area contributed by atoms with E-state index in [1.807, 2.05) is 0 Å². The van der Waals surface area contributed by atoms with Gasteiger partial charge < -0.3 is 9.84 Å². The van der Waals surface area contributed by atoms with Crippen LogP contribution in [0.15, 0.2) is 28.8 Å². The number of hydrogen-bond donors (Lipinski definition) is 1. The van der Waals surface area contributed by atoms with Crippen LogP contribution in [0.3, 0.4) is 0 Å². The second-order valence-corrected chi connectivity index (χ2v) is 4.54. The van der Waals surface area contributed by atoms with Gasteiger partial charge >= 0.3 is 0 Å². The zero-order chi connectivity index (χ0) is 13.0. The van der Waals surface area contributed by atoms with Crippen LogP contribution in [-0.4, -0.2) is 10.1 Å². The lowest BCUT2D eigenvalue weighted by atomic mass is 10.1. The average Bonchev–Trinajstić information content (AvgIpc) is 2.75. The first kappa shape index (κ1) is 12.5. The SMILES string of the molecule is CC(C)Cc1noc(CNc2ccccc2F)n1. The Morgan fingerprint density at radius 2 is 2.11 bits per heavy atom. The molecule has 0 unspecified atom stereocenters. The maximum Gasteiger partial charge on any atom is 0.245 e. The van der Waals surface area contributed by atoms with Gasteiger partial charge in [-0.15, -0.1) is 0 Å². The number of aromatic nitrogens is 2. The predicted molar refractivity (Wildman–Crippen MR) is 66.6 cm³/mol. The molecule has 4 nitrogen and oxygen atoms in total. The van der Waals surface area contributed by atoms with Crippen LogP contribution in [0.5, 0.6) is 0 Å². The van der Waals surface area contributed by atoms with Crippen molar-refractivity contribution in [3.63, 3.8) is 0 Å². The summed E-state index contributed by atoms with van der Waals surface area (Å²) in [5.74, 6) is 1.35. The molecular formula is C13H16FN3O. The van der Waals surface area contributed by atoms with E-state index in [0.29, 0.717) is 29.9 Å². The van der Waals surface area contributed by atoms with Crippen molar-refractivity contribution in [2.75, 3.05) is 5.32 Å². The minimum Gasteiger partial charge on any atom is -0.374 e. The molecule has 96 valence electrons. The van der Waals surface area contributed by atoms with Gasteiger partial charge in [0, 0.05) is 6.42 Å². The summed E-state index contributed by atoms with van der Waals surface area (Å²) in [5, 5.41) is 6.80. The van der Waals surface area contributed by atoms with E-state index in [9.17, 15) is 4.39 Å². The van der Waals surface area contributed by atoms with Gasteiger partial charge in [-0.2, -0.15) is 4.98 Å². The van der Waals surface area contributed by atoms with Gasteiger partial charge in [-0.25, -0.2) is 4.39 Å². The van der Waals surface area contributed by atoms with Crippen molar-refractivity contribution in [1.82, 2.24) is 10.1 Å². The third-order valence-electron chi connectivity index (χ3n) is 2.40. The first-order chi connectivity index (χ1) is 8.65. The van der Waals surface area contributed by atoms with Gasteiger partial charge in [0.25, 0.3) is 0 Å². The second kappa shape index (κ2) is 5.62. The molecule has 0 aliphatic carbocycles. The first-order valence-corrected chi connectivity index (χ1v) is 5.95. The summed E-state index contributed by atoms with van der Waals surface area (Å²) in [7, 11) is 0. The maximum atomic E-state index is 13.3. The molecule has 1 aromatic carbocycles. The molecule has 5 heteroatoms. The van der Waals surface area contributed by atoms with Gasteiger partial charge in [-0.1, -0.05) is 31.1 Å². The topological polar surface area (TPSA) is 51.0 Å². The van der Waals surface area contributed by atoms with Crippen LogP contribution in [0.25, 0.3) is 0 Å². The minimum absolute atomic E-state index is 0.292. The van der Waals surface area contributed by atoms with Crippen LogP contribution in [0.4, 0.5) is 10.1 Å². The molecule has 0 amide bonds. The molecule has 2 aromatic rings. The Kier molecular flexibility index (Phi) is 3.92. The lowest BCUT2D eigenvalue weighted by Crippen LogP contribution is -2.02. The lowest BCUT2D eigenvalue weighted by molar-refractivity contribution is 0.375. The first-order valence-electron chi connectivity index (χ1n) is 5.95. The highest BCUT2D eigenvalue weighted by atomic mass is 19.1. The molecule has 1 aromatic heterocycles. The number of nitrogens with zero attached hydrogens (tertiary/aromatic N) is 2. The van der Waals surface area contributed by atoms with E-state index >= 15 is 0 Å². The van der Waals surface area contributed by atoms with Crippen molar-refractivity contribution in [3.05, 3.63) is 41.8 Å². The average molecular weight is 249 g/mol. The summed E-state index contributed by atoms with van der Waals surface area (Å²) in [6, 6.07) is 6.48. The summed E-state index contributed by atoms with van der Waals surface area (Å²) in [4.78, 5) is 4.23. The number of nitrogens with one attached hydrogen (secondary N) is 1. The Bertz CT molecular complexity index is 510. The molecule has 0 aliphatic heterocycles. The normalized spacial score (nSPS) is 10.9. The highest BCUT2D eigenvalue weighted by molar-refractivity contribution is 5.44. The van der Waals surface area contributed by atoms with Crippen LogP contribution >= 0.6 is 0 Å². The van der Waals surface area contributed by atoms with Crippen LogP contribution < -0.4 is 5.32 Å². The standard InChI is InChI=1S/C13H16FN3O/c1-9(2)7-12-16-13(18-17-12)8-15-11-6-4-3-5-10(11)14/h3-6,9,15H,7-8H2,1-2H3. The third kappa shape index (κ3) is 3.29. The summed E-state index contributed by atoms with van der Waals surface area (Å²) in [6.45, 7) is 4.51. The molecule has 0 saturated heterocycles. The van der Waals surface area contributed by atoms with Gasteiger partial charge in [-0.3, -0.25) is 0 Å². The van der Waals surface area contributed by atoms with E-state index in [2.05, 4.69) is 29.3 Å².